The van der Waals surface area contributed by atoms with Crippen molar-refractivity contribution in [2.75, 3.05) is 6.79 Å². The molecule has 0 saturated heterocycles. The quantitative estimate of drug-likeness (QED) is 0.815. The molecule has 0 fully saturated rings. The first-order chi connectivity index (χ1) is 9.35. The molecule has 3 rings (SSSR count). The summed E-state index contributed by atoms with van der Waals surface area (Å²) in [7, 11) is 0. The van der Waals surface area contributed by atoms with Gasteiger partial charge in [-0.05, 0) is 42.3 Å². The van der Waals surface area contributed by atoms with Gasteiger partial charge in [0, 0.05) is 9.79 Å². The Hall–Kier alpha value is -1.61. The first kappa shape index (κ1) is 12.4. The topological polar surface area (TPSA) is 18.5 Å². The largest absolute Gasteiger partial charge is 0.454 e. The molecule has 2 aromatic rings. The van der Waals surface area contributed by atoms with E-state index in [0.29, 0.717) is 6.79 Å². The van der Waals surface area contributed by atoms with Gasteiger partial charge in [0.2, 0.25) is 6.79 Å². The number of hydrogen-bond acceptors (Lipinski definition) is 3. The fraction of sp³-hybridized carbons (Fsp3) is 0.250. The van der Waals surface area contributed by atoms with Crippen LogP contribution in [0.25, 0.3) is 0 Å². The van der Waals surface area contributed by atoms with E-state index in [1.165, 1.54) is 21.8 Å². The molecule has 1 aliphatic heterocycles. The second kappa shape index (κ2) is 5.57. The molecule has 0 saturated carbocycles. The highest BCUT2D eigenvalue weighted by Crippen LogP contribution is 2.37. The summed E-state index contributed by atoms with van der Waals surface area (Å²) in [5, 5.41) is 0. The van der Waals surface area contributed by atoms with Crippen molar-refractivity contribution in [2.45, 2.75) is 29.6 Å². The van der Waals surface area contributed by atoms with Crippen LogP contribution in [0.5, 0.6) is 11.5 Å². The van der Waals surface area contributed by atoms with Gasteiger partial charge in [-0.2, -0.15) is 0 Å². The molecule has 98 valence electrons. The lowest BCUT2D eigenvalue weighted by Crippen LogP contribution is -1.92. The number of rotatable bonds is 4. The molecule has 0 amide bonds. The molecule has 0 aromatic heterocycles. The number of aryl methyl sites for hydroxylation is 1. The summed E-state index contributed by atoms with van der Waals surface area (Å²) in [6.45, 7) is 2.53. The van der Waals surface area contributed by atoms with Crippen molar-refractivity contribution in [1.29, 1.82) is 0 Å². The zero-order valence-electron chi connectivity index (χ0n) is 10.9. The second-order valence-electron chi connectivity index (χ2n) is 4.51. The van der Waals surface area contributed by atoms with Gasteiger partial charge in [-0.3, -0.25) is 0 Å². The van der Waals surface area contributed by atoms with Crippen LogP contribution in [-0.2, 0) is 6.42 Å². The predicted octanol–water partition coefficient (Wildman–Crippen LogP) is 4.52. The minimum Gasteiger partial charge on any atom is -0.454 e. The zero-order chi connectivity index (χ0) is 13.1. The van der Waals surface area contributed by atoms with E-state index < -0.39 is 0 Å². The summed E-state index contributed by atoms with van der Waals surface area (Å²) in [5.74, 6) is 1.68. The van der Waals surface area contributed by atoms with Crippen LogP contribution in [0.4, 0.5) is 0 Å². The van der Waals surface area contributed by atoms with Crippen molar-refractivity contribution < 1.29 is 9.47 Å². The Kier molecular flexibility index (Phi) is 3.65. The average molecular weight is 272 g/mol. The van der Waals surface area contributed by atoms with Crippen molar-refractivity contribution >= 4 is 11.8 Å². The molecule has 1 aliphatic rings. The first-order valence-corrected chi connectivity index (χ1v) is 7.33. The van der Waals surface area contributed by atoms with Crippen molar-refractivity contribution in [3.63, 3.8) is 0 Å². The van der Waals surface area contributed by atoms with Gasteiger partial charge in [0.25, 0.3) is 0 Å². The number of fused-ring (bicyclic) bond motifs is 1. The van der Waals surface area contributed by atoms with Crippen LogP contribution in [0.3, 0.4) is 0 Å². The van der Waals surface area contributed by atoms with Gasteiger partial charge in [-0.15, -0.1) is 0 Å². The number of ether oxygens (including phenoxy) is 2. The number of benzene rings is 2. The van der Waals surface area contributed by atoms with Crippen molar-refractivity contribution in [3.05, 3.63) is 48.0 Å². The van der Waals surface area contributed by atoms with Crippen LogP contribution >= 0.6 is 11.8 Å². The third-order valence-electron chi connectivity index (χ3n) is 3.04. The van der Waals surface area contributed by atoms with Crippen LogP contribution in [0.2, 0.25) is 0 Å². The second-order valence-corrected chi connectivity index (χ2v) is 5.66. The van der Waals surface area contributed by atoms with E-state index in [2.05, 4.69) is 37.3 Å². The van der Waals surface area contributed by atoms with Crippen LogP contribution in [-0.4, -0.2) is 6.79 Å². The Balaban J connectivity index is 1.74. The minimum atomic E-state index is 0.329. The minimum absolute atomic E-state index is 0.329. The fourth-order valence-corrected chi connectivity index (χ4v) is 2.94. The molecule has 0 aliphatic carbocycles. The standard InChI is InChI=1S/C16H16O2S/c1-2-3-12-4-6-13(7-5-12)19-14-8-9-15-16(10-14)18-11-17-15/h4-10H,2-3,11H2,1H3. The third-order valence-corrected chi connectivity index (χ3v) is 4.04. The summed E-state index contributed by atoms with van der Waals surface area (Å²) in [5.41, 5.74) is 1.40. The molecule has 1 heterocycles. The Morgan fingerprint density at radius 3 is 2.47 bits per heavy atom. The predicted molar refractivity (Wildman–Crippen MR) is 77.1 cm³/mol. The maximum Gasteiger partial charge on any atom is 0.231 e. The molecule has 0 spiro atoms. The molecule has 3 heteroatoms. The van der Waals surface area contributed by atoms with Crippen molar-refractivity contribution in [1.82, 2.24) is 0 Å². The molecule has 0 bridgehead atoms. The summed E-state index contributed by atoms with van der Waals surface area (Å²) < 4.78 is 10.7. The lowest BCUT2D eigenvalue weighted by molar-refractivity contribution is 0.174. The van der Waals surface area contributed by atoms with Gasteiger partial charge in [0.15, 0.2) is 11.5 Å². The normalized spacial score (nSPS) is 12.7. The highest BCUT2D eigenvalue weighted by atomic mass is 32.2. The summed E-state index contributed by atoms with van der Waals surface area (Å²) >= 11 is 1.74. The Labute approximate surface area is 117 Å². The van der Waals surface area contributed by atoms with E-state index in [1.54, 1.807) is 11.8 Å². The average Bonchev–Trinajstić information content (AvgIpc) is 2.89. The smallest absolute Gasteiger partial charge is 0.231 e. The zero-order valence-corrected chi connectivity index (χ0v) is 11.7. The first-order valence-electron chi connectivity index (χ1n) is 6.51. The highest BCUT2D eigenvalue weighted by Gasteiger charge is 2.13. The van der Waals surface area contributed by atoms with Crippen LogP contribution in [0.15, 0.2) is 52.3 Å². The molecule has 19 heavy (non-hydrogen) atoms. The van der Waals surface area contributed by atoms with E-state index in [9.17, 15) is 0 Å². The van der Waals surface area contributed by atoms with Crippen LogP contribution < -0.4 is 9.47 Å². The molecule has 2 nitrogen and oxygen atoms in total. The Morgan fingerprint density at radius 1 is 0.947 bits per heavy atom. The Bertz CT molecular complexity index is 563. The Morgan fingerprint density at radius 2 is 1.68 bits per heavy atom. The van der Waals surface area contributed by atoms with E-state index >= 15 is 0 Å². The molecule has 0 radical (unpaired) electrons. The van der Waals surface area contributed by atoms with E-state index in [1.807, 2.05) is 12.1 Å². The molecule has 2 aromatic carbocycles. The van der Waals surface area contributed by atoms with Gasteiger partial charge < -0.3 is 9.47 Å². The van der Waals surface area contributed by atoms with Gasteiger partial charge >= 0.3 is 0 Å². The van der Waals surface area contributed by atoms with E-state index in [0.717, 1.165) is 17.9 Å². The van der Waals surface area contributed by atoms with Crippen LogP contribution in [0.1, 0.15) is 18.9 Å². The van der Waals surface area contributed by atoms with Gasteiger partial charge in [0.1, 0.15) is 0 Å². The molecule has 0 atom stereocenters. The summed E-state index contributed by atoms with van der Waals surface area (Å²) in [6.07, 6.45) is 2.34. The van der Waals surface area contributed by atoms with Crippen molar-refractivity contribution in [2.24, 2.45) is 0 Å². The monoisotopic (exact) mass is 272 g/mol. The summed E-state index contributed by atoms with van der Waals surface area (Å²) in [4.78, 5) is 2.42. The molecule has 0 N–H and O–H groups in total. The highest BCUT2D eigenvalue weighted by molar-refractivity contribution is 7.99. The number of hydrogen-bond donors (Lipinski definition) is 0. The van der Waals surface area contributed by atoms with Crippen molar-refractivity contribution in [3.8, 4) is 11.5 Å². The van der Waals surface area contributed by atoms with Gasteiger partial charge in [0.05, 0.1) is 0 Å². The third kappa shape index (κ3) is 2.87. The van der Waals surface area contributed by atoms with E-state index in [-0.39, 0.29) is 0 Å². The van der Waals surface area contributed by atoms with Gasteiger partial charge in [-0.1, -0.05) is 37.2 Å². The maximum atomic E-state index is 5.39. The lowest BCUT2D eigenvalue weighted by atomic mass is 10.1. The summed E-state index contributed by atoms with van der Waals surface area (Å²) in [6, 6.07) is 14.8. The fourth-order valence-electron chi connectivity index (χ4n) is 2.09. The van der Waals surface area contributed by atoms with Gasteiger partial charge in [-0.25, -0.2) is 0 Å². The molecular formula is C16H16O2S. The molecule has 0 unspecified atom stereocenters. The van der Waals surface area contributed by atoms with E-state index in [4.69, 9.17) is 9.47 Å². The maximum absolute atomic E-state index is 5.39. The SMILES string of the molecule is CCCc1ccc(Sc2ccc3c(c2)OCO3)cc1. The molecular weight excluding hydrogens is 256 g/mol. The van der Waals surface area contributed by atoms with Crippen LogP contribution in [0, 0.1) is 0 Å². The lowest BCUT2D eigenvalue weighted by Gasteiger charge is -2.04.